The molecule has 0 heterocycles. The Balaban J connectivity index is 1.72. The summed E-state index contributed by atoms with van der Waals surface area (Å²) in [5.41, 5.74) is 2.28. The minimum Gasteiger partial charge on any atom is -0.497 e. The highest BCUT2D eigenvalue weighted by Gasteiger charge is 1.94. The fourth-order valence-electron chi connectivity index (χ4n) is 1.68. The van der Waals surface area contributed by atoms with Crippen LogP contribution in [0.5, 0.6) is 5.75 Å². The minimum absolute atomic E-state index is 0.541. The van der Waals surface area contributed by atoms with Crippen molar-refractivity contribution in [3.63, 3.8) is 0 Å². The van der Waals surface area contributed by atoms with E-state index in [0.29, 0.717) is 13.2 Å². The van der Waals surface area contributed by atoms with Crippen LogP contribution in [0.4, 0.5) is 0 Å². The molecule has 0 unspecified atom stereocenters. The highest BCUT2D eigenvalue weighted by Crippen LogP contribution is 2.12. The average molecular weight is 254 g/mol. The Morgan fingerprint density at radius 1 is 0.895 bits per heavy atom. The van der Waals surface area contributed by atoms with Gasteiger partial charge in [0.05, 0.1) is 6.26 Å². The molecular weight excluding hydrogens is 236 g/mol. The molecule has 2 nitrogen and oxygen atoms in total. The Labute approximate surface area is 114 Å². The van der Waals surface area contributed by atoms with Crippen molar-refractivity contribution in [1.82, 2.24) is 0 Å². The molecule has 0 amide bonds. The molecule has 0 fully saturated rings. The number of rotatable bonds is 6. The van der Waals surface area contributed by atoms with E-state index in [2.05, 4.69) is 12.1 Å². The second-order valence-electron chi connectivity index (χ2n) is 4.20. The number of benzene rings is 2. The van der Waals surface area contributed by atoms with Crippen molar-refractivity contribution in [2.75, 3.05) is 13.2 Å². The molecule has 0 saturated heterocycles. The molecule has 0 atom stereocenters. The molecule has 19 heavy (non-hydrogen) atoms. The van der Waals surface area contributed by atoms with Crippen molar-refractivity contribution in [1.29, 1.82) is 0 Å². The molecule has 0 saturated carbocycles. The number of hydrogen-bond acceptors (Lipinski definition) is 2. The molecule has 0 spiro atoms. The van der Waals surface area contributed by atoms with Crippen LogP contribution in [0.1, 0.15) is 12.5 Å². The van der Waals surface area contributed by atoms with Crippen molar-refractivity contribution < 1.29 is 9.47 Å². The number of para-hydroxylation sites is 1. The van der Waals surface area contributed by atoms with Crippen LogP contribution in [-0.2, 0) is 4.74 Å². The molecule has 0 aliphatic rings. The first-order chi connectivity index (χ1) is 9.36. The smallest absolute Gasteiger partial charge is 0.122 e. The monoisotopic (exact) mass is 254 g/mol. The first-order valence-corrected chi connectivity index (χ1v) is 6.38. The third kappa shape index (κ3) is 4.51. The van der Waals surface area contributed by atoms with Gasteiger partial charge in [0.25, 0.3) is 0 Å². The molecule has 0 aliphatic carbocycles. The van der Waals surface area contributed by atoms with Crippen LogP contribution in [0, 0.1) is 0 Å². The second-order valence-corrected chi connectivity index (χ2v) is 4.20. The minimum atomic E-state index is 0.541. The zero-order chi connectivity index (χ0) is 13.3. The quantitative estimate of drug-likeness (QED) is 0.569. The van der Waals surface area contributed by atoms with Crippen molar-refractivity contribution in [3.8, 4) is 5.75 Å². The summed E-state index contributed by atoms with van der Waals surface area (Å²) < 4.78 is 11.0. The van der Waals surface area contributed by atoms with Crippen molar-refractivity contribution in [3.05, 3.63) is 72.5 Å². The first kappa shape index (κ1) is 13.2. The number of hydrogen-bond donors (Lipinski definition) is 0. The SMILES string of the molecule is CC(=COCCOc1ccccc1)c1ccccc1. The van der Waals surface area contributed by atoms with Crippen LogP contribution in [0.3, 0.4) is 0 Å². The summed E-state index contributed by atoms with van der Waals surface area (Å²) in [6.07, 6.45) is 1.78. The maximum absolute atomic E-state index is 5.54. The van der Waals surface area contributed by atoms with Gasteiger partial charge >= 0.3 is 0 Å². The maximum atomic E-state index is 5.54. The standard InChI is InChI=1S/C17H18O2/c1-15(16-8-4-2-5-9-16)14-18-12-13-19-17-10-6-3-7-11-17/h2-11,14H,12-13H2,1H3. The van der Waals surface area contributed by atoms with Gasteiger partial charge in [0.15, 0.2) is 0 Å². The zero-order valence-corrected chi connectivity index (χ0v) is 11.1. The molecule has 2 rings (SSSR count). The lowest BCUT2D eigenvalue weighted by atomic mass is 10.1. The largest absolute Gasteiger partial charge is 0.497 e. The zero-order valence-electron chi connectivity index (χ0n) is 11.1. The van der Waals surface area contributed by atoms with Gasteiger partial charge in [0, 0.05) is 0 Å². The molecule has 0 aromatic heterocycles. The first-order valence-electron chi connectivity index (χ1n) is 6.38. The lowest BCUT2D eigenvalue weighted by molar-refractivity contribution is 0.179. The van der Waals surface area contributed by atoms with Crippen LogP contribution >= 0.6 is 0 Å². The van der Waals surface area contributed by atoms with E-state index in [1.165, 1.54) is 5.56 Å². The van der Waals surface area contributed by atoms with E-state index in [4.69, 9.17) is 9.47 Å². The molecule has 2 heteroatoms. The molecule has 2 aromatic rings. The lowest BCUT2D eigenvalue weighted by Crippen LogP contribution is -2.03. The third-order valence-electron chi connectivity index (χ3n) is 2.70. The van der Waals surface area contributed by atoms with Gasteiger partial charge < -0.3 is 9.47 Å². The summed E-state index contributed by atoms with van der Waals surface area (Å²) in [5, 5.41) is 0. The van der Waals surface area contributed by atoms with Crippen LogP contribution in [0.2, 0.25) is 0 Å². The van der Waals surface area contributed by atoms with E-state index in [9.17, 15) is 0 Å². The van der Waals surface area contributed by atoms with E-state index in [0.717, 1.165) is 11.3 Å². The fourth-order valence-corrected chi connectivity index (χ4v) is 1.68. The summed E-state index contributed by atoms with van der Waals surface area (Å²) >= 11 is 0. The fraction of sp³-hybridized carbons (Fsp3) is 0.176. The number of allylic oxidation sites excluding steroid dienone is 1. The Morgan fingerprint density at radius 2 is 1.53 bits per heavy atom. The molecule has 0 bridgehead atoms. The molecule has 0 radical (unpaired) electrons. The predicted octanol–water partition coefficient (Wildman–Crippen LogP) is 4.14. The topological polar surface area (TPSA) is 18.5 Å². The third-order valence-corrected chi connectivity index (χ3v) is 2.70. The summed E-state index contributed by atoms with van der Waals surface area (Å²) in [6, 6.07) is 19.9. The molecule has 2 aromatic carbocycles. The lowest BCUT2D eigenvalue weighted by Gasteiger charge is -2.06. The number of ether oxygens (including phenoxy) is 2. The molecule has 98 valence electrons. The maximum Gasteiger partial charge on any atom is 0.122 e. The van der Waals surface area contributed by atoms with Crippen LogP contribution in [0.15, 0.2) is 66.9 Å². The van der Waals surface area contributed by atoms with Crippen LogP contribution in [0.25, 0.3) is 5.57 Å². The van der Waals surface area contributed by atoms with Crippen molar-refractivity contribution in [2.24, 2.45) is 0 Å². The van der Waals surface area contributed by atoms with E-state index >= 15 is 0 Å². The van der Waals surface area contributed by atoms with E-state index in [1.54, 1.807) is 6.26 Å². The molecular formula is C17H18O2. The molecule has 0 aliphatic heterocycles. The normalized spacial score (nSPS) is 11.1. The summed E-state index contributed by atoms with van der Waals surface area (Å²) in [6.45, 7) is 3.12. The summed E-state index contributed by atoms with van der Waals surface area (Å²) in [7, 11) is 0. The van der Waals surface area contributed by atoms with Gasteiger partial charge in [-0.1, -0.05) is 48.5 Å². The van der Waals surface area contributed by atoms with Gasteiger partial charge in [-0.05, 0) is 30.2 Å². The van der Waals surface area contributed by atoms with Crippen molar-refractivity contribution >= 4 is 5.57 Å². The van der Waals surface area contributed by atoms with Crippen molar-refractivity contribution in [2.45, 2.75) is 6.92 Å². The van der Waals surface area contributed by atoms with Gasteiger partial charge in [-0.2, -0.15) is 0 Å². The van der Waals surface area contributed by atoms with Gasteiger partial charge in [0.2, 0.25) is 0 Å². The highest BCUT2D eigenvalue weighted by molar-refractivity contribution is 5.62. The second kappa shape index (κ2) is 7.27. The van der Waals surface area contributed by atoms with E-state index < -0.39 is 0 Å². The van der Waals surface area contributed by atoms with E-state index in [1.807, 2.05) is 55.5 Å². The van der Waals surface area contributed by atoms with E-state index in [-0.39, 0.29) is 0 Å². The van der Waals surface area contributed by atoms with Gasteiger partial charge in [-0.25, -0.2) is 0 Å². The van der Waals surface area contributed by atoms with Gasteiger partial charge in [-0.15, -0.1) is 0 Å². The average Bonchev–Trinajstić information content (AvgIpc) is 2.49. The molecule has 0 N–H and O–H groups in total. The summed E-state index contributed by atoms with van der Waals surface area (Å²) in [4.78, 5) is 0. The summed E-state index contributed by atoms with van der Waals surface area (Å²) in [5.74, 6) is 0.870. The Bertz CT molecular complexity index is 503. The Kier molecular flexibility index (Phi) is 5.06. The Morgan fingerprint density at radius 3 is 2.21 bits per heavy atom. The van der Waals surface area contributed by atoms with Crippen LogP contribution < -0.4 is 4.74 Å². The Hall–Kier alpha value is -2.22. The van der Waals surface area contributed by atoms with Gasteiger partial charge in [-0.3, -0.25) is 0 Å². The highest BCUT2D eigenvalue weighted by atomic mass is 16.5. The predicted molar refractivity (Wildman–Crippen MR) is 78.0 cm³/mol. The van der Waals surface area contributed by atoms with Crippen LogP contribution in [-0.4, -0.2) is 13.2 Å². The van der Waals surface area contributed by atoms with Gasteiger partial charge in [0.1, 0.15) is 19.0 Å².